The second-order valence-corrected chi connectivity index (χ2v) is 7.08. The second kappa shape index (κ2) is 7.64. The van der Waals surface area contributed by atoms with Gasteiger partial charge in [-0.2, -0.15) is 0 Å². The van der Waals surface area contributed by atoms with Crippen molar-refractivity contribution in [3.63, 3.8) is 0 Å². The molecule has 2 heteroatoms. The molecule has 2 fully saturated rings. The van der Waals surface area contributed by atoms with Gasteiger partial charge in [0.1, 0.15) is 0 Å². The van der Waals surface area contributed by atoms with Crippen molar-refractivity contribution in [2.45, 2.75) is 64.2 Å². The van der Waals surface area contributed by atoms with Gasteiger partial charge in [0.2, 0.25) is 0 Å². The van der Waals surface area contributed by atoms with E-state index >= 15 is 0 Å². The van der Waals surface area contributed by atoms with Crippen LogP contribution >= 0.6 is 0 Å². The summed E-state index contributed by atoms with van der Waals surface area (Å²) in [6, 6.07) is 0. The summed E-state index contributed by atoms with van der Waals surface area (Å²) >= 11 is 0. The Kier molecular flexibility index (Phi) is 6.15. The molecule has 0 spiro atoms. The molecule has 0 heterocycles. The maximum absolute atomic E-state index is 5.60. The van der Waals surface area contributed by atoms with E-state index in [1.807, 2.05) is 14.2 Å². The molecular weight excluding hydrogens is 236 g/mol. The summed E-state index contributed by atoms with van der Waals surface area (Å²) in [5.41, 5.74) is 0.285. The highest BCUT2D eigenvalue weighted by Crippen LogP contribution is 2.43. The molecule has 0 atom stereocenters. The molecular formula is C17H32O2. The van der Waals surface area contributed by atoms with Gasteiger partial charge in [0.15, 0.2) is 0 Å². The Hall–Kier alpha value is -0.0800. The van der Waals surface area contributed by atoms with Crippen LogP contribution in [0.2, 0.25) is 0 Å². The van der Waals surface area contributed by atoms with E-state index in [9.17, 15) is 0 Å². The lowest BCUT2D eigenvalue weighted by molar-refractivity contribution is -0.0207. The molecule has 0 bridgehead atoms. The zero-order valence-corrected chi connectivity index (χ0v) is 13.0. The highest BCUT2D eigenvalue weighted by Gasteiger charge is 2.37. The van der Waals surface area contributed by atoms with E-state index in [2.05, 4.69) is 0 Å². The highest BCUT2D eigenvalue weighted by molar-refractivity contribution is 4.87. The molecule has 0 radical (unpaired) electrons. The number of hydrogen-bond donors (Lipinski definition) is 0. The molecule has 2 aliphatic carbocycles. The summed E-state index contributed by atoms with van der Waals surface area (Å²) in [6.07, 6.45) is 14.1. The summed E-state index contributed by atoms with van der Waals surface area (Å²) in [4.78, 5) is 0. The lowest BCUT2D eigenvalue weighted by atomic mass is 9.73. The van der Waals surface area contributed by atoms with Crippen LogP contribution in [0, 0.1) is 17.3 Å². The Bertz CT molecular complexity index is 214. The smallest absolute Gasteiger partial charge is 0.0540 e. The van der Waals surface area contributed by atoms with Crippen LogP contribution in [0.25, 0.3) is 0 Å². The first-order valence-electron chi connectivity index (χ1n) is 8.26. The van der Waals surface area contributed by atoms with Crippen molar-refractivity contribution in [3.05, 3.63) is 0 Å². The minimum absolute atomic E-state index is 0.285. The molecule has 0 unspecified atom stereocenters. The molecule has 2 aliphatic rings. The molecule has 0 saturated heterocycles. The van der Waals surface area contributed by atoms with Gasteiger partial charge < -0.3 is 9.47 Å². The lowest BCUT2D eigenvalue weighted by Crippen LogP contribution is -2.35. The molecule has 0 aromatic carbocycles. The maximum atomic E-state index is 5.60. The monoisotopic (exact) mass is 268 g/mol. The van der Waals surface area contributed by atoms with E-state index < -0.39 is 0 Å². The molecule has 2 saturated carbocycles. The van der Waals surface area contributed by atoms with Gasteiger partial charge in [0, 0.05) is 19.6 Å². The molecule has 0 N–H and O–H groups in total. The molecule has 19 heavy (non-hydrogen) atoms. The highest BCUT2D eigenvalue weighted by atomic mass is 16.5. The second-order valence-electron chi connectivity index (χ2n) is 7.08. The third-order valence-corrected chi connectivity index (χ3v) is 5.29. The van der Waals surface area contributed by atoms with Gasteiger partial charge in [-0.3, -0.25) is 0 Å². The Balaban J connectivity index is 1.98. The number of rotatable bonds is 8. The molecule has 2 rings (SSSR count). The first kappa shape index (κ1) is 15.3. The van der Waals surface area contributed by atoms with Gasteiger partial charge in [-0.25, -0.2) is 0 Å². The molecule has 2 nitrogen and oxygen atoms in total. The minimum Gasteiger partial charge on any atom is -0.384 e. The zero-order chi connectivity index (χ0) is 13.6. The van der Waals surface area contributed by atoms with Crippen LogP contribution in [-0.2, 0) is 9.47 Å². The lowest BCUT2D eigenvalue weighted by Gasteiger charge is -2.37. The van der Waals surface area contributed by atoms with Crippen molar-refractivity contribution in [2.24, 2.45) is 17.3 Å². The summed E-state index contributed by atoms with van der Waals surface area (Å²) in [5.74, 6) is 1.85. The minimum atomic E-state index is 0.285. The molecule has 0 aromatic rings. The van der Waals surface area contributed by atoms with E-state index in [0.717, 1.165) is 25.0 Å². The Labute approximate surface area is 119 Å². The van der Waals surface area contributed by atoms with Crippen molar-refractivity contribution in [1.82, 2.24) is 0 Å². The van der Waals surface area contributed by atoms with E-state index in [-0.39, 0.29) is 5.41 Å². The van der Waals surface area contributed by atoms with E-state index in [0.29, 0.717) is 0 Å². The first-order valence-corrected chi connectivity index (χ1v) is 8.26. The van der Waals surface area contributed by atoms with Crippen molar-refractivity contribution in [3.8, 4) is 0 Å². The van der Waals surface area contributed by atoms with Crippen LogP contribution in [0.1, 0.15) is 64.2 Å². The molecule has 0 aromatic heterocycles. The van der Waals surface area contributed by atoms with Crippen molar-refractivity contribution >= 4 is 0 Å². The topological polar surface area (TPSA) is 18.5 Å². The van der Waals surface area contributed by atoms with E-state index in [4.69, 9.17) is 9.47 Å². The normalized spacial score (nSPS) is 22.4. The van der Waals surface area contributed by atoms with Crippen molar-refractivity contribution < 1.29 is 9.47 Å². The fourth-order valence-electron chi connectivity index (χ4n) is 4.63. The van der Waals surface area contributed by atoms with Crippen LogP contribution < -0.4 is 0 Å². The molecule has 0 aliphatic heterocycles. The predicted octanol–water partition coefficient (Wildman–Crippen LogP) is 4.43. The van der Waals surface area contributed by atoms with Crippen molar-refractivity contribution in [1.29, 1.82) is 0 Å². The number of methoxy groups -OCH3 is 2. The fraction of sp³-hybridized carbons (Fsp3) is 1.00. The summed E-state index contributed by atoms with van der Waals surface area (Å²) in [6.45, 7) is 1.77. The fourth-order valence-corrected chi connectivity index (χ4v) is 4.63. The quantitative estimate of drug-likeness (QED) is 0.648. The van der Waals surface area contributed by atoms with E-state index in [1.165, 1.54) is 64.2 Å². The standard InChI is InChI=1S/C17H32O2/c1-18-13-17(14-19-2,11-15-7-3-4-8-15)12-16-9-5-6-10-16/h15-16H,3-14H2,1-2H3. The third kappa shape index (κ3) is 4.46. The first-order chi connectivity index (χ1) is 9.28. The van der Waals surface area contributed by atoms with Crippen LogP contribution in [0.15, 0.2) is 0 Å². The van der Waals surface area contributed by atoms with E-state index in [1.54, 1.807) is 0 Å². The summed E-state index contributed by atoms with van der Waals surface area (Å²) in [5, 5.41) is 0. The maximum Gasteiger partial charge on any atom is 0.0540 e. The van der Waals surface area contributed by atoms with Gasteiger partial charge in [0.25, 0.3) is 0 Å². The average Bonchev–Trinajstić information content (AvgIpc) is 3.03. The van der Waals surface area contributed by atoms with Gasteiger partial charge in [-0.1, -0.05) is 51.4 Å². The summed E-state index contributed by atoms with van der Waals surface area (Å²) in [7, 11) is 3.71. The van der Waals surface area contributed by atoms with Crippen LogP contribution in [0.4, 0.5) is 0 Å². The number of ether oxygens (including phenoxy) is 2. The van der Waals surface area contributed by atoms with Gasteiger partial charge >= 0.3 is 0 Å². The summed E-state index contributed by atoms with van der Waals surface area (Å²) < 4.78 is 11.2. The third-order valence-electron chi connectivity index (χ3n) is 5.29. The number of hydrogen-bond acceptors (Lipinski definition) is 2. The van der Waals surface area contributed by atoms with Crippen LogP contribution in [-0.4, -0.2) is 27.4 Å². The Morgan fingerprint density at radius 1 is 0.737 bits per heavy atom. The van der Waals surface area contributed by atoms with Crippen molar-refractivity contribution in [2.75, 3.05) is 27.4 Å². The molecule has 0 amide bonds. The zero-order valence-electron chi connectivity index (χ0n) is 13.0. The molecule has 112 valence electrons. The largest absolute Gasteiger partial charge is 0.384 e. The Morgan fingerprint density at radius 3 is 1.42 bits per heavy atom. The van der Waals surface area contributed by atoms with Crippen LogP contribution in [0.3, 0.4) is 0 Å². The average molecular weight is 268 g/mol. The van der Waals surface area contributed by atoms with Gasteiger partial charge in [-0.15, -0.1) is 0 Å². The van der Waals surface area contributed by atoms with Gasteiger partial charge in [0.05, 0.1) is 13.2 Å². The SMILES string of the molecule is COCC(COC)(CC1CCCC1)CC1CCCC1. The Morgan fingerprint density at radius 2 is 1.11 bits per heavy atom. The van der Waals surface area contributed by atoms with Gasteiger partial charge in [-0.05, 0) is 24.7 Å². The van der Waals surface area contributed by atoms with Crippen LogP contribution in [0.5, 0.6) is 0 Å². The predicted molar refractivity (Wildman–Crippen MR) is 79.3 cm³/mol.